The molecule has 0 radical (unpaired) electrons. The highest BCUT2D eigenvalue weighted by Gasteiger charge is 2.52. The summed E-state index contributed by atoms with van der Waals surface area (Å²) < 4.78 is 12.0. The molecule has 1 spiro atoms. The van der Waals surface area contributed by atoms with Gasteiger partial charge in [-0.05, 0) is 54.7 Å². The van der Waals surface area contributed by atoms with E-state index in [1.54, 1.807) is 6.26 Å². The number of hydrogen-bond acceptors (Lipinski definition) is 5. The highest BCUT2D eigenvalue weighted by atomic mass is 32.2. The molecule has 142 valence electrons. The summed E-state index contributed by atoms with van der Waals surface area (Å²) >= 11 is 0. The molecule has 2 aromatic heterocycles. The van der Waals surface area contributed by atoms with E-state index >= 15 is 0 Å². The molecule has 1 atom stereocenters. The van der Waals surface area contributed by atoms with E-state index in [4.69, 9.17) is 0 Å². The van der Waals surface area contributed by atoms with Gasteiger partial charge in [-0.15, -0.1) is 0 Å². The maximum atomic E-state index is 12.0. The molecule has 1 fully saturated rings. The van der Waals surface area contributed by atoms with Crippen molar-refractivity contribution in [2.45, 2.75) is 36.5 Å². The van der Waals surface area contributed by atoms with E-state index in [1.165, 1.54) is 24.0 Å². The van der Waals surface area contributed by atoms with Crippen LogP contribution in [0.25, 0.3) is 11.3 Å². The summed E-state index contributed by atoms with van der Waals surface area (Å²) in [5.41, 5.74) is 5.73. The molecule has 0 bridgehead atoms. The zero-order valence-electron chi connectivity index (χ0n) is 16.1. The Morgan fingerprint density at radius 2 is 1.89 bits per heavy atom. The van der Waals surface area contributed by atoms with Gasteiger partial charge in [-0.3, -0.25) is 9.19 Å². The quantitative estimate of drug-likeness (QED) is 0.673. The fourth-order valence-electron chi connectivity index (χ4n) is 4.04. The number of anilines is 2. The van der Waals surface area contributed by atoms with E-state index in [1.807, 2.05) is 36.8 Å². The Kier molecular flexibility index (Phi) is 4.05. The second-order valence-electron chi connectivity index (χ2n) is 7.67. The lowest BCUT2D eigenvalue weighted by Crippen LogP contribution is -2.21. The smallest absolute Gasteiger partial charge is 0.229 e. The first-order valence-electron chi connectivity index (χ1n) is 9.62. The van der Waals surface area contributed by atoms with Gasteiger partial charge in [0.1, 0.15) is 0 Å². The molecule has 6 heteroatoms. The minimum atomic E-state index is -1.00. The lowest BCUT2D eigenvalue weighted by Gasteiger charge is -2.18. The van der Waals surface area contributed by atoms with E-state index in [2.05, 4.69) is 38.9 Å². The number of pyridine rings is 1. The Labute approximate surface area is 167 Å². The SMILES string of the molecule is CCc1ccnc(-c2cnc(N3CC4(CC4)c4ccc(S(C)=O)cc43)nc2)c1. The maximum absolute atomic E-state index is 12.0. The topological polar surface area (TPSA) is 59.0 Å². The Morgan fingerprint density at radius 1 is 1.11 bits per heavy atom. The van der Waals surface area contributed by atoms with E-state index in [9.17, 15) is 4.21 Å². The molecule has 1 unspecified atom stereocenters. The number of nitrogens with zero attached hydrogens (tertiary/aromatic N) is 4. The third-order valence-corrected chi connectivity index (χ3v) is 6.80. The number of fused-ring (bicyclic) bond motifs is 2. The minimum Gasteiger partial charge on any atom is -0.309 e. The zero-order chi connectivity index (χ0) is 19.3. The molecule has 2 aliphatic rings. The van der Waals surface area contributed by atoms with Gasteiger partial charge in [0.25, 0.3) is 0 Å². The molecule has 1 saturated carbocycles. The van der Waals surface area contributed by atoms with Crippen LogP contribution in [-0.4, -0.2) is 32.0 Å². The summed E-state index contributed by atoms with van der Waals surface area (Å²) in [4.78, 5) is 16.8. The number of hydrogen-bond donors (Lipinski definition) is 0. The molecule has 0 N–H and O–H groups in total. The van der Waals surface area contributed by atoms with Crippen LogP contribution in [-0.2, 0) is 22.6 Å². The van der Waals surface area contributed by atoms with E-state index in [0.717, 1.165) is 34.8 Å². The average Bonchev–Trinajstić information content (AvgIpc) is 3.45. The molecule has 3 heterocycles. The molecular formula is C22H22N4OS. The summed E-state index contributed by atoms with van der Waals surface area (Å²) in [7, 11) is -1.00. The number of benzene rings is 1. The van der Waals surface area contributed by atoms with Gasteiger partial charge >= 0.3 is 0 Å². The van der Waals surface area contributed by atoms with Crippen molar-refractivity contribution in [1.82, 2.24) is 15.0 Å². The van der Waals surface area contributed by atoms with Gasteiger partial charge < -0.3 is 4.90 Å². The second kappa shape index (κ2) is 6.48. The fraction of sp³-hybridized carbons (Fsp3) is 0.318. The van der Waals surface area contributed by atoms with Gasteiger partial charge in [0.05, 0.1) is 5.69 Å². The molecule has 5 nitrogen and oxygen atoms in total. The summed E-state index contributed by atoms with van der Waals surface area (Å²) in [5, 5.41) is 0. The molecule has 1 aliphatic carbocycles. The van der Waals surface area contributed by atoms with Crippen molar-refractivity contribution >= 4 is 22.4 Å². The Bertz CT molecular complexity index is 1080. The first-order chi connectivity index (χ1) is 13.6. The molecule has 0 amide bonds. The standard InChI is InChI=1S/C22H22N4OS/c1-3-15-6-9-23-19(10-15)16-12-24-21(25-13-16)26-14-22(7-8-22)18-5-4-17(28(2)27)11-20(18)26/h4-6,9-13H,3,7-8,14H2,1-2H3. The normalized spacial score (nSPS) is 17.6. The van der Waals surface area contributed by atoms with Crippen molar-refractivity contribution in [3.05, 3.63) is 60.0 Å². The highest BCUT2D eigenvalue weighted by Crippen LogP contribution is 2.57. The maximum Gasteiger partial charge on any atom is 0.229 e. The third kappa shape index (κ3) is 2.83. The van der Waals surface area contributed by atoms with Gasteiger partial charge in [0.2, 0.25) is 5.95 Å². The number of aromatic nitrogens is 3. The average molecular weight is 391 g/mol. The van der Waals surface area contributed by atoms with Crippen molar-refractivity contribution in [3.8, 4) is 11.3 Å². The van der Waals surface area contributed by atoms with Crippen LogP contribution in [0.1, 0.15) is 30.9 Å². The van der Waals surface area contributed by atoms with Gasteiger partial charge in [0.15, 0.2) is 0 Å². The molecular weight excluding hydrogens is 368 g/mol. The fourth-order valence-corrected chi connectivity index (χ4v) is 4.57. The van der Waals surface area contributed by atoms with Crippen LogP contribution in [0.15, 0.2) is 53.8 Å². The molecule has 28 heavy (non-hydrogen) atoms. The molecule has 1 aliphatic heterocycles. The first kappa shape index (κ1) is 17.5. The van der Waals surface area contributed by atoms with Crippen LogP contribution < -0.4 is 4.90 Å². The number of rotatable bonds is 4. The summed E-state index contributed by atoms with van der Waals surface area (Å²) in [5.74, 6) is 0.694. The van der Waals surface area contributed by atoms with Gasteiger partial charge in [-0.1, -0.05) is 13.0 Å². The van der Waals surface area contributed by atoms with Crippen molar-refractivity contribution in [2.24, 2.45) is 0 Å². The summed E-state index contributed by atoms with van der Waals surface area (Å²) in [6, 6.07) is 10.3. The van der Waals surface area contributed by atoms with Gasteiger partial charge in [0, 0.05) is 63.8 Å². The lowest BCUT2D eigenvalue weighted by atomic mass is 9.99. The van der Waals surface area contributed by atoms with E-state index in [0.29, 0.717) is 5.95 Å². The van der Waals surface area contributed by atoms with Crippen molar-refractivity contribution in [3.63, 3.8) is 0 Å². The van der Waals surface area contributed by atoms with Crippen molar-refractivity contribution < 1.29 is 4.21 Å². The third-order valence-electron chi connectivity index (χ3n) is 5.89. The highest BCUT2D eigenvalue weighted by molar-refractivity contribution is 7.84. The Balaban J connectivity index is 1.51. The van der Waals surface area contributed by atoms with Crippen molar-refractivity contribution in [1.29, 1.82) is 0 Å². The predicted octanol–water partition coefficient (Wildman–Crippen LogP) is 4.02. The predicted molar refractivity (Wildman–Crippen MR) is 111 cm³/mol. The van der Waals surface area contributed by atoms with Crippen LogP contribution in [0.5, 0.6) is 0 Å². The van der Waals surface area contributed by atoms with Crippen LogP contribution in [0.3, 0.4) is 0 Å². The monoisotopic (exact) mass is 390 g/mol. The Morgan fingerprint density at radius 3 is 2.57 bits per heavy atom. The summed E-state index contributed by atoms with van der Waals surface area (Å²) in [6.45, 7) is 3.03. The molecule has 3 aromatic rings. The second-order valence-corrected chi connectivity index (χ2v) is 9.05. The Hall–Kier alpha value is -2.60. The summed E-state index contributed by atoms with van der Waals surface area (Å²) in [6.07, 6.45) is 10.6. The van der Waals surface area contributed by atoms with Crippen LogP contribution in [0.4, 0.5) is 11.6 Å². The molecule has 1 aromatic carbocycles. The van der Waals surface area contributed by atoms with E-state index < -0.39 is 10.8 Å². The first-order valence-corrected chi connectivity index (χ1v) is 11.2. The lowest BCUT2D eigenvalue weighted by molar-refractivity contribution is 0.686. The number of aryl methyl sites for hydroxylation is 1. The largest absolute Gasteiger partial charge is 0.309 e. The van der Waals surface area contributed by atoms with Gasteiger partial charge in [-0.2, -0.15) is 0 Å². The van der Waals surface area contributed by atoms with Crippen LogP contribution in [0, 0.1) is 0 Å². The van der Waals surface area contributed by atoms with Crippen molar-refractivity contribution in [2.75, 3.05) is 17.7 Å². The zero-order valence-corrected chi connectivity index (χ0v) is 16.9. The van der Waals surface area contributed by atoms with E-state index in [-0.39, 0.29) is 5.41 Å². The van der Waals surface area contributed by atoms with Gasteiger partial charge in [-0.25, -0.2) is 9.97 Å². The molecule has 5 rings (SSSR count). The minimum absolute atomic E-state index is 0.224. The van der Waals surface area contributed by atoms with Crippen LogP contribution in [0.2, 0.25) is 0 Å². The van der Waals surface area contributed by atoms with Crippen LogP contribution >= 0.6 is 0 Å². The molecule has 0 saturated heterocycles.